The van der Waals surface area contributed by atoms with Gasteiger partial charge in [-0.3, -0.25) is 9.59 Å². The lowest BCUT2D eigenvalue weighted by molar-refractivity contribution is -0.120. The number of carbonyl (C=O) groups excluding carboxylic acids is 2. The zero-order valence-corrected chi connectivity index (χ0v) is 18.2. The van der Waals surface area contributed by atoms with E-state index in [1.807, 2.05) is 11.9 Å². The van der Waals surface area contributed by atoms with Gasteiger partial charge < -0.3 is 15.5 Å². The molecule has 1 saturated carbocycles. The molecule has 1 aliphatic heterocycles. The van der Waals surface area contributed by atoms with Crippen LogP contribution in [-0.4, -0.2) is 42.4 Å². The third-order valence-electron chi connectivity index (χ3n) is 5.90. The Kier molecular flexibility index (Phi) is 8.59. The van der Waals surface area contributed by atoms with Crippen LogP contribution in [0.4, 0.5) is 5.69 Å². The number of amides is 2. The molecule has 2 aliphatic rings. The van der Waals surface area contributed by atoms with Gasteiger partial charge in [-0.15, -0.1) is 12.4 Å². The molecule has 2 amide bonds. The minimum Gasteiger partial charge on any atom is -0.339 e. The molecule has 156 valence electrons. The molecule has 1 aliphatic carbocycles. The Morgan fingerprint density at radius 2 is 1.89 bits per heavy atom. The maximum absolute atomic E-state index is 12.8. The highest BCUT2D eigenvalue weighted by atomic mass is 35.5. The quantitative estimate of drug-likeness (QED) is 0.743. The van der Waals surface area contributed by atoms with Crippen LogP contribution >= 0.6 is 24.0 Å². The van der Waals surface area contributed by atoms with Gasteiger partial charge >= 0.3 is 0 Å². The van der Waals surface area contributed by atoms with Gasteiger partial charge in [0, 0.05) is 30.7 Å². The van der Waals surface area contributed by atoms with Crippen molar-refractivity contribution in [2.45, 2.75) is 64.0 Å². The number of benzene rings is 1. The van der Waals surface area contributed by atoms with E-state index in [0.29, 0.717) is 28.4 Å². The van der Waals surface area contributed by atoms with Crippen LogP contribution in [0.3, 0.4) is 0 Å². The van der Waals surface area contributed by atoms with Crippen molar-refractivity contribution in [3.05, 3.63) is 28.8 Å². The Morgan fingerprint density at radius 3 is 2.54 bits per heavy atom. The summed E-state index contributed by atoms with van der Waals surface area (Å²) in [5, 5.41) is 6.70. The molecule has 0 aromatic heterocycles. The Labute approximate surface area is 179 Å². The van der Waals surface area contributed by atoms with Gasteiger partial charge in [0.05, 0.1) is 10.6 Å². The zero-order valence-electron chi connectivity index (χ0n) is 16.7. The second-order valence-corrected chi connectivity index (χ2v) is 8.38. The average molecular weight is 428 g/mol. The number of piperidine rings is 1. The first-order valence-corrected chi connectivity index (χ1v) is 10.4. The van der Waals surface area contributed by atoms with E-state index < -0.39 is 0 Å². The summed E-state index contributed by atoms with van der Waals surface area (Å²) in [6, 6.07) is 5.84. The van der Waals surface area contributed by atoms with Crippen LogP contribution in [0, 0.1) is 5.92 Å². The van der Waals surface area contributed by atoms with Crippen LogP contribution < -0.4 is 10.6 Å². The predicted octanol–water partition coefficient (Wildman–Crippen LogP) is 4.49. The molecule has 1 aromatic carbocycles. The van der Waals surface area contributed by atoms with Crippen molar-refractivity contribution < 1.29 is 9.59 Å². The van der Waals surface area contributed by atoms with Crippen LogP contribution in [0.5, 0.6) is 0 Å². The summed E-state index contributed by atoms with van der Waals surface area (Å²) in [6.45, 7) is 2.96. The van der Waals surface area contributed by atoms with E-state index in [-0.39, 0.29) is 30.1 Å². The van der Waals surface area contributed by atoms with Crippen molar-refractivity contribution in [1.29, 1.82) is 0 Å². The number of nitrogens with one attached hydrogen (secondary N) is 2. The lowest BCUT2D eigenvalue weighted by Crippen LogP contribution is -2.40. The van der Waals surface area contributed by atoms with Crippen LogP contribution in [0.25, 0.3) is 0 Å². The average Bonchev–Trinajstić information content (AvgIpc) is 2.67. The molecular weight excluding hydrogens is 397 g/mol. The summed E-state index contributed by atoms with van der Waals surface area (Å²) in [7, 11) is 1.86. The second-order valence-electron chi connectivity index (χ2n) is 7.97. The summed E-state index contributed by atoms with van der Waals surface area (Å²) < 4.78 is 0. The van der Waals surface area contributed by atoms with Gasteiger partial charge in [-0.2, -0.15) is 0 Å². The molecule has 1 aromatic rings. The Morgan fingerprint density at radius 1 is 1.18 bits per heavy atom. The highest BCUT2D eigenvalue weighted by Crippen LogP contribution is 2.27. The number of nitrogens with zero attached hydrogens (tertiary/aromatic N) is 1. The van der Waals surface area contributed by atoms with Crippen LogP contribution in [0.2, 0.25) is 5.02 Å². The molecule has 2 N–H and O–H groups in total. The zero-order chi connectivity index (χ0) is 19.4. The van der Waals surface area contributed by atoms with E-state index in [4.69, 9.17) is 11.6 Å². The minimum atomic E-state index is -0.0445. The third kappa shape index (κ3) is 5.62. The van der Waals surface area contributed by atoms with Gasteiger partial charge in [-0.25, -0.2) is 0 Å². The lowest BCUT2D eigenvalue weighted by Gasteiger charge is -2.31. The molecule has 1 heterocycles. The number of rotatable bonds is 4. The normalized spacial score (nSPS) is 22.8. The highest BCUT2D eigenvalue weighted by Gasteiger charge is 2.26. The molecule has 0 radical (unpaired) electrons. The Bertz CT molecular complexity index is 692. The van der Waals surface area contributed by atoms with Crippen molar-refractivity contribution in [2.75, 3.05) is 18.9 Å². The Hall–Kier alpha value is -1.30. The van der Waals surface area contributed by atoms with E-state index >= 15 is 0 Å². The smallest absolute Gasteiger partial charge is 0.255 e. The van der Waals surface area contributed by atoms with E-state index in [1.165, 1.54) is 19.3 Å². The van der Waals surface area contributed by atoms with Crippen LogP contribution in [-0.2, 0) is 4.79 Å². The van der Waals surface area contributed by atoms with E-state index in [1.54, 1.807) is 18.2 Å². The fourth-order valence-electron chi connectivity index (χ4n) is 4.20. The maximum Gasteiger partial charge on any atom is 0.255 e. The van der Waals surface area contributed by atoms with Crippen molar-refractivity contribution in [1.82, 2.24) is 10.2 Å². The highest BCUT2D eigenvalue weighted by molar-refractivity contribution is 6.34. The first kappa shape index (κ1) is 23.0. The molecule has 1 saturated heterocycles. The lowest BCUT2D eigenvalue weighted by atomic mass is 9.92. The minimum absolute atomic E-state index is 0. The van der Waals surface area contributed by atoms with Gasteiger partial charge in [0.1, 0.15) is 0 Å². The summed E-state index contributed by atoms with van der Waals surface area (Å²) in [6.07, 6.45) is 7.40. The number of carbonyl (C=O) groups is 2. The van der Waals surface area contributed by atoms with Gasteiger partial charge in [-0.05, 0) is 57.4 Å². The largest absolute Gasteiger partial charge is 0.339 e. The first-order chi connectivity index (χ1) is 13.0. The standard InChI is InChI=1S/C21H30ClN3O2.ClH/c1-14-12-15(10-11-23-14)20(26)24-16-8-9-18(19(22)13-16)21(27)25(2)17-6-4-3-5-7-17;/h8-9,13-15,17,23H,3-7,10-12H2,1-2H3,(H,24,26);1H/t14-,15-;/m0./s1. The third-order valence-corrected chi connectivity index (χ3v) is 6.22. The first-order valence-electron chi connectivity index (χ1n) is 10.1. The van der Waals surface area contributed by atoms with Crippen LogP contribution in [0.15, 0.2) is 18.2 Å². The molecule has 5 nitrogen and oxygen atoms in total. The molecule has 2 atom stereocenters. The number of hydrogen-bond donors (Lipinski definition) is 2. The number of halogens is 2. The number of hydrogen-bond acceptors (Lipinski definition) is 3. The van der Waals surface area contributed by atoms with E-state index in [2.05, 4.69) is 17.6 Å². The van der Waals surface area contributed by atoms with Gasteiger partial charge in [0.15, 0.2) is 0 Å². The van der Waals surface area contributed by atoms with E-state index in [9.17, 15) is 9.59 Å². The molecule has 28 heavy (non-hydrogen) atoms. The molecule has 7 heteroatoms. The Balaban J connectivity index is 0.00000280. The van der Waals surface area contributed by atoms with Crippen molar-refractivity contribution in [2.24, 2.45) is 5.92 Å². The topological polar surface area (TPSA) is 61.4 Å². The summed E-state index contributed by atoms with van der Waals surface area (Å²) in [5.41, 5.74) is 1.14. The van der Waals surface area contributed by atoms with Crippen LogP contribution in [0.1, 0.15) is 62.2 Å². The molecule has 0 unspecified atom stereocenters. The molecule has 3 rings (SSSR count). The molecule has 0 bridgehead atoms. The molecular formula is C21H31Cl2N3O2. The van der Waals surface area contributed by atoms with Crippen molar-refractivity contribution >= 4 is 41.5 Å². The summed E-state index contributed by atoms with van der Waals surface area (Å²) in [4.78, 5) is 27.2. The van der Waals surface area contributed by atoms with Crippen molar-refractivity contribution in [3.8, 4) is 0 Å². The molecule has 0 spiro atoms. The SMILES string of the molecule is C[C@H]1C[C@@H](C(=O)Nc2ccc(C(=O)N(C)C3CCCCC3)c(Cl)c2)CCN1.Cl. The summed E-state index contributed by atoms with van der Waals surface area (Å²) in [5.74, 6) is -0.00598. The van der Waals surface area contributed by atoms with Gasteiger partial charge in [0.25, 0.3) is 5.91 Å². The van der Waals surface area contributed by atoms with Crippen molar-refractivity contribution in [3.63, 3.8) is 0 Å². The second kappa shape index (κ2) is 10.5. The maximum atomic E-state index is 12.8. The fourth-order valence-corrected chi connectivity index (χ4v) is 4.47. The summed E-state index contributed by atoms with van der Waals surface area (Å²) >= 11 is 6.39. The van der Waals surface area contributed by atoms with Gasteiger partial charge in [-0.1, -0.05) is 30.9 Å². The monoisotopic (exact) mass is 427 g/mol. The van der Waals surface area contributed by atoms with E-state index in [0.717, 1.165) is 32.2 Å². The predicted molar refractivity (Wildman–Crippen MR) is 116 cm³/mol. The van der Waals surface area contributed by atoms with Gasteiger partial charge in [0.2, 0.25) is 5.91 Å². The number of anilines is 1. The fraction of sp³-hybridized carbons (Fsp3) is 0.619. The molecule has 2 fully saturated rings.